The number of carbonyl (C=O) groups excluding carboxylic acids is 2. The van der Waals surface area contributed by atoms with Crippen LogP contribution in [0.4, 0.5) is 5.69 Å². The van der Waals surface area contributed by atoms with E-state index in [0.717, 1.165) is 6.42 Å². The molecule has 1 aliphatic heterocycles. The number of carbonyl (C=O) groups is 2. The largest absolute Gasteiger partial charge is 0.274 e. The van der Waals surface area contributed by atoms with Crippen molar-refractivity contribution in [3.05, 3.63) is 36.7 Å². The predicted octanol–water partition coefficient (Wildman–Crippen LogP) is 1.39. The highest BCUT2D eigenvalue weighted by atomic mass is 16.2. The van der Waals surface area contributed by atoms with Crippen LogP contribution in [0.2, 0.25) is 0 Å². The molecule has 2 fully saturated rings. The van der Waals surface area contributed by atoms with Crippen molar-refractivity contribution in [1.82, 2.24) is 4.98 Å². The van der Waals surface area contributed by atoms with Gasteiger partial charge in [-0.1, -0.05) is 12.2 Å². The number of nitrogens with zero attached hydrogens (tertiary/aromatic N) is 2. The Labute approximate surface area is 104 Å². The average Bonchev–Trinajstić information content (AvgIpc) is 3.05. The molecule has 1 saturated heterocycles. The summed E-state index contributed by atoms with van der Waals surface area (Å²) in [5.41, 5.74) is 0.598. The van der Waals surface area contributed by atoms with E-state index in [1.165, 1.54) is 4.90 Å². The number of rotatable bonds is 1. The van der Waals surface area contributed by atoms with Gasteiger partial charge >= 0.3 is 0 Å². The van der Waals surface area contributed by atoms with Crippen LogP contribution in [0.1, 0.15) is 6.42 Å². The molecular formula is C14H12N2O2. The molecule has 18 heavy (non-hydrogen) atoms. The lowest BCUT2D eigenvalue weighted by Crippen LogP contribution is -2.32. The van der Waals surface area contributed by atoms with Crippen LogP contribution in [0, 0.1) is 23.7 Å². The maximum absolute atomic E-state index is 12.4. The first-order valence-corrected chi connectivity index (χ1v) is 6.23. The zero-order valence-corrected chi connectivity index (χ0v) is 9.69. The minimum Gasteiger partial charge on any atom is -0.274 e. The van der Waals surface area contributed by atoms with Crippen molar-refractivity contribution in [2.45, 2.75) is 6.42 Å². The quantitative estimate of drug-likeness (QED) is 0.550. The lowest BCUT2D eigenvalue weighted by Gasteiger charge is -2.16. The number of hydrogen-bond donors (Lipinski definition) is 0. The first kappa shape index (κ1) is 10.00. The van der Waals surface area contributed by atoms with Crippen LogP contribution in [-0.4, -0.2) is 16.8 Å². The van der Waals surface area contributed by atoms with Crippen molar-refractivity contribution in [3.63, 3.8) is 0 Å². The van der Waals surface area contributed by atoms with Gasteiger partial charge < -0.3 is 0 Å². The summed E-state index contributed by atoms with van der Waals surface area (Å²) in [6, 6.07) is 3.51. The fourth-order valence-corrected chi connectivity index (χ4v) is 3.64. The first-order valence-electron chi connectivity index (χ1n) is 6.23. The van der Waals surface area contributed by atoms with Crippen molar-refractivity contribution >= 4 is 17.5 Å². The molecule has 1 aromatic rings. The maximum Gasteiger partial charge on any atom is 0.238 e. The summed E-state index contributed by atoms with van der Waals surface area (Å²) in [6.07, 6.45) is 8.38. The van der Waals surface area contributed by atoms with E-state index < -0.39 is 0 Å². The Hall–Kier alpha value is -1.97. The Bertz CT molecular complexity index is 536. The number of hydrogen-bond acceptors (Lipinski definition) is 3. The molecule has 1 saturated carbocycles. The SMILES string of the molecule is O=C1[C@@H]2[C@@H](C(=O)N1c1cccnc1)[C@H]1C=C[C@H]2C1. The summed E-state index contributed by atoms with van der Waals surface area (Å²) in [4.78, 5) is 30.2. The zero-order chi connectivity index (χ0) is 12.3. The van der Waals surface area contributed by atoms with Gasteiger partial charge in [-0.05, 0) is 30.4 Å². The summed E-state index contributed by atoms with van der Waals surface area (Å²) in [7, 11) is 0. The lowest BCUT2D eigenvalue weighted by molar-refractivity contribution is -0.123. The highest BCUT2D eigenvalue weighted by Gasteiger charge is 2.59. The maximum atomic E-state index is 12.4. The predicted molar refractivity (Wildman–Crippen MR) is 64.4 cm³/mol. The van der Waals surface area contributed by atoms with Crippen molar-refractivity contribution in [3.8, 4) is 0 Å². The van der Waals surface area contributed by atoms with Crippen LogP contribution >= 0.6 is 0 Å². The number of pyridine rings is 1. The van der Waals surface area contributed by atoms with Crippen molar-refractivity contribution in [2.24, 2.45) is 23.7 Å². The van der Waals surface area contributed by atoms with Gasteiger partial charge in [-0.2, -0.15) is 0 Å². The Balaban J connectivity index is 1.77. The molecule has 2 heterocycles. The van der Waals surface area contributed by atoms with Gasteiger partial charge in [-0.25, -0.2) is 4.90 Å². The summed E-state index contributed by atoms with van der Waals surface area (Å²) in [5, 5.41) is 0. The molecule has 1 aromatic heterocycles. The Morgan fingerprint density at radius 1 is 1.11 bits per heavy atom. The molecule has 4 rings (SSSR count). The molecule has 0 aromatic carbocycles. The van der Waals surface area contributed by atoms with Gasteiger partial charge in [0.05, 0.1) is 23.7 Å². The molecular weight excluding hydrogens is 228 g/mol. The number of allylic oxidation sites excluding steroid dienone is 2. The molecule has 2 bridgehead atoms. The third-order valence-electron chi connectivity index (χ3n) is 4.37. The highest BCUT2D eigenvalue weighted by molar-refractivity contribution is 6.22. The number of anilines is 1. The van der Waals surface area contributed by atoms with Crippen LogP contribution in [-0.2, 0) is 9.59 Å². The fraction of sp³-hybridized carbons (Fsp3) is 0.357. The van der Waals surface area contributed by atoms with Crippen LogP contribution in [0.25, 0.3) is 0 Å². The molecule has 90 valence electrons. The summed E-state index contributed by atoms with van der Waals surface area (Å²) in [5.74, 6) is 0.168. The van der Waals surface area contributed by atoms with E-state index >= 15 is 0 Å². The second kappa shape index (κ2) is 3.28. The van der Waals surface area contributed by atoms with E-state index in [9.17, 15) is 9.59 Å². The van der Waals surface area contributed by atoms with E-state index in [1.54, 1.807) is 24.5 Å². The van der Waals surface area contributed by atoms with Gasteiger partial charge in [0, 0.05) is 6.20 Å². The molecule has 2 aliphatic carbocycles. The first-order chi connectivity index (χ1) is 8.77. The average molecular weight is 240 g/mol. The summed E-state index contributed by atoms with van der Waals surface area (Å²) < 4.78 is 0. The van der Waals surface area contributed by atoms with Gasteiger partial charge in [-0.15, -0.1) is 0 Å². The van der Waals surface area contributed by atoms with Crippen LogP contribution in [0.15, 0.2) is 36.7 Å². The molecule has 0 spiro atoms. The minimum atomic E-state index is -0.132. The normalized spacial score (nSPS) is 36.6. The Kier molecular flexibility index (Phi) is 1.82. The number of aromatic nitrogens is 1. The van der Waals surface area contributed by atoms with E-state index in [0.29, 0.717) is 5.69 Å². The number of imide groups is 1. The van der Waals surface area contributed by atoms with E-state index in [-0.39, 0.29) is 35.5 Å². The van der Waals surface area contributed by atoms with Gasteiger partial charge in [-0.3, -0.25) is 14.6 Å². The van der Waals surface area contributed by atoms with E-state index in [4.69, 9.17) is 0 Å². The lowest BCUT2D eigenvalue weighted by atomic mass is 9.85. The summed E-state index contributed by atoms with van der Waals surface area (Å²) >= 11 is 0. The molecule has 4 heteroatoms. The molecule has 3 aliphatic rings. The molecule has 2 amide bonds. The molecule has 4 nitrogen and oxygen atoms in total. The summed E-state index contributed by atoms with van der Waals surface area (Å²) in [6.45, 7) is 0. The molecule has 0 radical (unpaired) electrons. The number of fused-ring (bicyclic) bond motifs is 5. The third-order valence-corrected chi connectivity index (χ3v) is 4.37. The smallest absolute Gasteiger partial charge is 0.238 e. The van der Waals surface area contributed by atoms with Gasteiger partial charge in [0.1, 0.15) is 0 Å². The standard InChI is InChI=1S/C14H12N2O2/c17-13-11-8-3-4-9(6-8)12(11)14(18)16(13)10-2-1-5-15-7-10/h1-5,7-9,11-12H,6H2/t8-,9-,11-,12-/m0/s1. The van der Waals surface area contributed by atoms with Crippen molar-refractivity contribution in [2.75, 3.05) is 4.90 Å². The third kappa shape index (κ3) is 1.08. The molecule has 4 atom stereocenters. The second-order valence-electron chi connectivity index (χ2n) is 5.22. The van der Waals surface area contributed by atoms with Gasteiger partial charge in [0.2, 0.25) is 11.8 Å². The van der Waals surface area contributed by atoms with E-state index in [1.807, 2.05) is 0 Å². The topological polar surface area (TPSA) is 50.3 Å². The van der Waals surface area contributed by atoms with Crippen LogP contribution in [0.5, 0.6) is 0 Å². The Morgan fingerprint density at radius 3 is 2.33 bits per heavy atom. The van der Waals surface area contributed by atoms with Crippen LogP contribution in [0.3, 0.4) is 0 Å². The van der Waals surface area contributed by atoms with Gasteiger partial charge in [0.25, 0.3) is 0 Å². The zero-order valence-electron chi connectivity index (χ0n) is 9.69. The Morgan fingerprint density at radius 2 is 1.78 bits per heavy atom. The van der Waals surface area contributed by atoms with Crippen molar-refractivity contribution < 1.29 is 9.59 Å². The highest BCUT2D eigenvalue weighted by Crippen LogP contribution is 2.53. The van der Waals surface area contributed by atoms with Gasteiger partial charge in [0.15, 0.2) is 0 Å². The molecule has 0 N–H and O–H groups in total. The van der Waals surface area contributed by atoms with Crippen LogP contribution < -0.4 is 4.90 Å². The van der Waals surface area contributed by atoms with E-state index in [2.05, 4.69) is 17.1 Å². The monoisotopic (exact) mass is 240 g/mol. The van der Waals surface area contributed by atoms with Crippen molar-refractivity contribution in [1.29, 1.82) is 0 Å². The number of amides is 2. The fourth-order valence-electron chi connectivity index (χ4n) is 3.64. The molecule has 0 unspecified atom stereocenters. The second-order valence-corrected chi connectivity index (χ2v) is 5.22. The minimum absolute atomic E-state index is 0.0464.